The van der Waals surface area contributed by atoms with Crippen LogP contribution in [0.3, 0.4) is 0 Å². The van der Waals surface area contributed by atoms with Crippen LogP contribution in [0.5, 0.6) is 0 Å². The highest BCUT2D eigenvalue weighted by molar-refractivity contribution is 5.80. The van der Waals surface area contributed by atoms with E-state index in [9.17, 15) is 0 Å². The lowest BCUT2D eigenvalue weighted by molar-refractivity contribution is 0.256. The third-order valence-electron chi connectivity index (χ3n) is 5.09. The number of piperazine rings is 1. The smallest absolute Gasteiger partial charge is 0.191 e. The largest absolute Gasteiger partial charge is 0.369 e. The summed E-state index contributed by atoms with van der Waals surface area (Å²) in [6.07, 6.45) is 7.82. The molecule has 1 aliphatic heterocycles. The molecule has 0 aromatic heterocycles. The Bertz CT molecular complexity index is 567. The fourth-order valence-corrected chi connectivity index (χ4v) is 3.60. The summed E-state index contributed by atoms with van der Waals surface area (Å²) in [6.45, 7) is 9.57. The minimum atomic E-state index is 0.513. The number of rotatable bonds is 7. The van der Waals surface area contributed by atoms with Gasteiger partial charge in [-0.2, -0.15) is 0 Å². The molecule has 1 heterocycles. The Kier molecular flexibility index (Phi) is 7.37. The van der Waals surface area contributed by atoms with Crippen LogP contribution in [0.15, 0.2) is 47.5 Å². The van der Waals surface area contributed by atoms with Crippen LogP contribution in [-0.4, -0.2) is 62.7 Å². The van der Waals surface area contributed by atoms with Crippen LogP contribution in [0.4, 0.5) is 5.69 Å². The van der Waals surface area contributed by atoms with Gasteiger partial charge in [-0.1, -0.05) is 30.4 Å². The lowest BCUT2D eigenvalue weighted by Gasteiger charge is -2.36. The highest BCUT2D eigenvalue weighted by Crippen LogP contribution is 2.15. The molecule has 5 heteroatoms. The van der Waals surface area contributed by atoms with Gasteiger partial charge >= 0.3 is 0 Å². The van der Waals surface area contributed by atoms with Crippen LogP contribution in [0.25, 0.3) is 0 Å². The van der Waals surface area contributed by atoms with Gasteiger partial charge in [0.2, 0.25) is 0 Å². The van der Waals surface area contributed by atoms with Crippen LogP contribution >= 0.6 is 0 Å². The molecule has 1 fully saturated rings. The number of hydrogen-bond acceptors (Lipinski definition) is 3. The topological polar surface area (TPSA) is 42.9 Å². The molecule has 0 saturated carbocycles. The maximum absolute atomic E-state index is 4.75. The molecule has 26 heavy (non-hydrogen) atoms. The van der Waals surface area contributed by atoms with Gasteiger partial charge in [0.15, 0.2) is 5.96 Å². The molecule has 0 amide bonds. The van der Waals surface area contributed by atoms with Crippen LogP contribution in [0.2, 0.25) is 0 Å². The monoisotopic (exact) mass is 355 g/mol. The van der Waals surface area contributed by atoms with E-state index in [1.165, 1.54) is 5.69 Å². The predicted molar refractivity (Wildman–Crippen MR) is 111 cm³/mol. The van der Waals surface area contributed by atoms with Crippen molar-refractivity contribution in [1.29, 1.82) is 0 Å². The minimum Gasteiger partial charge on any atom is -0.369 e. The Morgan fingerprint density at radius 3 is 2.50 bits per heavy atom. The van der Waals surface area contributed by atoms with Gasteiger partial charge in [-0.15, -0.1) is 0 Å². The molecule has 0 bridgehead atoms. The van der Waals surface area contributed by atoms with Gasteiger partial charge in [-0.05, 0) is 38.3 Å². The van der Waals surface area contributed by atoms with E-state index in [4.69, 9.17) is 4.99 Å². The third kappa shape index (κ3) is 5.77. The van der Waals surface area contributed by atoms with Crippen molar-refractivity contribution in [2.75, 3.05) is 50.7 Å². The Hall–Kier alpha value is -2.01. The van der Waals surface area contributed by atoms with Gasteiger partial charge in [-0.25, -0.2) is 0 Å². The number of benzene rings is 1. The Balaban J connectivity index is 1.35. The molecule has 2 N–H and O–H groups in total. The van der Waals surface area contributed by atoms with Crippen molar-refractivity contribution in [2.24, 2.45) is 4.99 Å². The van der Waals surface area contributed by atoms with Crippen molar-refractivity contribution < 1.29 is 0 Å². The zero-order valence-corrected chi connectivity index (χ0v) is 16.0. The Morgan fingerprint density at radius 2 is 1.81 bits per heavy atom. The number of nitrogens with one attached hydrogen (secondary N) is 2. The second-order valence-corrected chi connectivity index (χ2v) is 7.06. The first kappa shape index (κ1) is 18.8. The summed E-state index contributed by atoms with van der Waals surface area (Å²) in [5.74, 6) is 0.968. The summed E-state index contributed by atoms with van der Waals surface area (Å²) in [6, 6.07) is 11.3. The maximum atomic E-state index is 4.75. The number of anilines is 1. The number of aliphatic imine (C=N–C) groups is 1. The molecule has 0 atom stereocenters. The number of guanidine groups is 1. The molecule has 5 nitrogen and oxygen atoms in total. The molecule has 142 valence electrons. The Labute approximate surface area is 158 Å². The van der Waals surface area contributed by atoms with Crippen LogP contribution in [-0.2, 0) is 0 Å². The lowest BCUT2D eigenvalue weighted by atomic mass is 10.2. The molecule has 2 aliphatic rings. The molecule has 3 rings (SSSR count). The summed E-state index contributed by atoms with van der Waals surface area (Å²) >= 11 is 0. The minimum absolute atomic E-state index is 0.513. The second kappa shape index (κ2) is 10.2. The molecular weight excluding hydrogens is 322 g/mol. The van der Waals surface area contributed by atoms with Gasteiger partial charge in [0.25, 0.3) is 0 Å². The third-order valence-corrected chi connectivity index (χ3v) is 5.09. The van der Waals surface area contributed by atoms with E-state index in [2.05, 4.69) is 69.8 Å². The van der Waals surface area contributed by atoms with Gasteiger partial charge in [0, 0.05) is 57.5 Å². The van der Waals surface area contributed by atoms with Crippen molar-refractivity contribution in [3.05, 3.63) is 42.5 Å². The van der Waals surface area contributed by atoms with E-state index in [1.54, 1.807) is 0 Å². The molecule has 1 aromatic carbocycles. The van der Waals surface area contributed by atoms with Crippen LogP contribution in [0, 0.1) is 0 Å². The van der Waals surface area contributed by atoms with E-state index < -0.39 is 0 Å². The van der Waals surface area contributed by atoms with E-state index in [-0.39, 0.29) is 0 Å². The molecule has 0 spiro atoms. The maximum Gasteiger partial charge on any atom is 0.191 e. The van der Waals surface area contributed by atoms with Crippen molar-refractivity contribution in [3.63, 3.8) is 0 Å². The van der Waals surface area contributed by atoms with Gasteiger partial charge < -0.3 is 15.5 Å². The summed E-state index contributed by atoms with van der Waals surface area (Å²) < 4.78 is 0. The molecule has 1 saturated heterocycles. The van der Waals surface area contributed by atoms with E-state index in [0.717, 1.165) is 71.0 Å². The lowest BCUT2D eigenvalue weighted by Crippen LogP contribution is -2.46. The average molecular weight is 356 g/mol. The molecule has 0 radical (unpaired) electrons. The highest BCUT2D eigenvalue weighted by Gasteiger charge is 2.16. The molecule has 1 aliphatic carbocycles. The summed E-state index contributed by atoms with van der Waals surface area (Å²) in [5, 5.41) is 6.90. The Morgan fingerprint density at radius 1 is 1.08 bits per heavy atom. The molecule has 1 aromatic rings. The SMILES string of the molecule is CCNC(=NCCCN1CCN(c2ccccc2)CC1)NC1CC=CC1. The zero-order valence-electron chi connectivity index (χ0n) is 16.0. The van der Waals surface area contributed by atoms with Crippen molar-refractivity contribution in [2.45, 2.75) is 32.2 Å². The van der Waals surface area contributed by atoms with Gasteiger partial charge in [0.05, 0.1) is 0 Å². The summed E-state index contributed by atoms with van der Waals surface area (Å²) in [5.41, 5.74) is 1.35. The highest BCUT2D eigenvalue weighted by atomic mass is 15.3. The zero-order chi connectivity index (χ0) is 18.0. The van der Waals surface area contributed by atoms with Crippen LogP contribution < -0.4 is 15.5 Å². The fourth-order valence-electron chi connectivity index (χ4n) is 3.60. The first-order chi connectivity index (χ1) is 12.8. The van der Waals surface area contributed by atoms with Crippen LogP contribution in [0.1, 0.15) is 26.2 Å². The first-order valence-corrected chi connectivity index (χ1v) is 10.1. The summed E-state index contributed by atoms with van der Waals surface area (Å²) in [7, 11) is 0. The molecular formula is C21H33N5. The van der Waals surface area contributed by atoms with Gasteiger partial charge in [0.1, 0.15) is 0 Å². The number of para-hydroxylation sites is 1. The number of hydrogen-bond donors (Lipinski definition) is 2. The standard InChI is InChI=1S/C21H33N5/c1-2-22-21(24-19-9-6-7-10-19)23-13-8-14-25-15-17-26(18-16-25)20-11-4-3-5-12-20/h3-7,11-12,19H,2,8-10,13-18H2,1H3,(H2,22,23,24). The molecule has 0 unspecified atom stereocenters. The summed E-state index contributed by atoms with van der Waals surface area (Å²) in [4.78, 5) is 9.80. The number of nitrogens with zero attached hydrogens (tertiary/aromatic N) is 3. The van der Waals surface area contributed by atoms with E-state index >= 15 is 0 Å². The second-order valence-electron chi connectivity index (χ2n) is 7.06. The van der Waals surface area contributed by atoms with Gasteiger partial charge in [-0.3, -0.25) is 9.89 Å². The fraction of sp³-hybridized carbons (Fsp3) is 0.571. The van der Waals surface area contributed by atoms with E-state index in [0.29, 0.717) is 6.04 Å². The average Bonchev–Trinajstić information content (AvgIpc) is 3.19. The van der Waals surface area contributed by atoms with E-state index in [1.807, 2.05) is 0 Å². The van der Waals surface area contributed by atoms with Crippen molar-refractivity contribution >= 4 is 11.6 Å². The predicted octanol–water partition coefficient (Wildman–Crippen LogP) is 2.47. The normalized spacial score (nSPS) is 19.1. The quantitative estimate of drug-likeness (QED) is 0.341. The van der Waals surface area contributed by atoms with Crippen molar-refractivity contribution in [1.82, 2.24) is 15.5 Å². The van der Waals surface area contributed by atoms with Crippen molar-refractivity contribution in [3.8, 4) is 0 Å². The first-order valence-electron chi connectivity index (χ1n) is 10.1.